The Morgan fingerprint density at radius 1 is 1.02 bits per heavy atom. The Balaban J connectivity index is 1.54. The van der Waals surface area contributed by atoms with Crippen molar-refractivity contribution in [2.24, 2.45) is 11.8 Å². The number of esters is 1. The molecule has 0 aliphatic carbocycles. The molecule has 4 aliphatic heterocycles. The number of likely N-dealkylation sites (tertiary alicyclic amines) is 1. The van der Waals surface area contributed by atoms with E-state index in [1.807, 2.05) is 42.5 Å². The minimum Gasteiger partial charge on any atom is -0.463 e. The number of unbranched alkanes of at least 4 members (excludes halogenated alkanes) is 2. The monoisotopic (exact) mass is 579 g/mol. The van der Waals surface area contributed by atoms with E-state index in [1.165, 1.54) is 4.90 Å². The quantitative estimate of drug-likeness (QED) is 0.275. The predicted molar refractivity (Wildman–Crippen MR) is 154 cm³/mol. The number of cyclic esters (lactones) is 1. The van der Waals surface area contributed by atoms with E-state index < -0.39 is 41.5 Å². The van der Waals surface area contributed by atoms with Crippen molar-refractivity contribution >= 4 is 23.7 Å². The number of rotatable bonds is 8. The fourth-order valence-corrected chi connectivity index (χ4v) is 6.72. The van der Waals surface area contributed by atoms with E-state index in [0.717, 1.165) is 24.8 Å². The molecule has 2 fully saturated rings. The fourth-order valence-electron chi connectivity index (χ4n) is 6.72. The highest BCUT2D eigenvalue weighted by Gasteiger charge is 2.71. The highest BCUT2D eigenvalue weighted by Crippen LogP contribution is 2.53. The number of hydrogen-bond donors (Lipinski definition) is 2. The first-order valence-electron chi connectivity index (χ1n) is 15.1. The predicted octanol–water partition coefficient (Wildman–Crippen LogP) is 2.29. The van der Waals surface area contributed by atoms with Crippen molar-refractivity contribution < 1.29 is 33.8 Å². The molecule has 10 nitrogen and oxygen atoms in total. The number of hydrogen-bond acceptors (Lipinski definition) is 7. The normalized spacial score (nSPS) is 32.2. The number of carbonyl (C=O) groups is 4. The van der Waals surface area contributed by atoms with Gasteiger partial charge >= 0.3 is 5.97 Å². The molecule has 0 unspecified atom stereocenters. The van der Waals surface area contributed by atoms with Crippen LogP contribution >= 0.6 is 0 Å². The minimum absolute atomic E-state index is 0.0450. The SMILES string of the molecule is CCCCCN1CC=C[C@@]23O[C@H]4/C=C\CCC(=O)OC[C@H](c5ccccc5)NC(=O)[C@H]4[C@@H]2C(=O)N(CCCO)[C@H]3C1=O. The zero-order chi connectivity index (χ0) is 29.7. The van der Waals surface area contributed by atoms with Crippen molar-refractivity contribution in [2.45, 2.75) is 69.2 Å². The lowest BCUT2D eigenvalue weighted by molar-refractivity contribution is -0.148. The largest absolute Gasteiger partial charge is 0.463 e. The number of allylic oxidation sites excluding steroid dienone is 1. The fraction of sp³-hybridized carbons (Fsp3) is 0.562. The first-order valence-corrected chi connectivity index (χ1v) is 15.1. The van der Waals surface area contributed by atoms with Crippen LogP contribution in [0.1, 0.15) is 57.1 Å². The minimum atomic E-state index is -1.34. The molecule has 0 saturated carbocycles. The van der Waals surface area contributed by atoms with Gasteiger partial charge in [0.25, 0.3) is 0 Å². The van der Waals surface area contributed by atoms with Gasteiger partial charge in [-0.1, -0.05) is 74.4 Å². The highest BCUT2D eigenvalue weighted by molar-refractivity contribution is 5.99. The van der Waals surface area contributed by atoms with Crippen LogP contribution in [0.15, 0.2) is 54.6 Å². The van der Waals surface area contributed by atoms with Crippen molar-refractivity contribution in [1.82, 2.24) is 15.1 Å². The molecule has 2 saturated heterocycles. The molecular weight excluding hydrogens is 538 g/mol. The Morgan fingerprint density at radius 3 is 2.60 bits per heavy atom. The summed E-state index contributed by atoms with van der Waals surface area (Å²) in [6.45, 7) is 3.07. The Kier molecular flexibility index (Phi) is 9.43. The van der Waals surface area contributed by atoms with E-state index in [1.54, 1.807) is 17.1 Å². The Hall–Kier alpha value is -3.50. The van der Waals surface area contributed by atoms with Crippen molar-refractivity contribution in [3.8, 4) is 0 Å². The second-order valence-corrected chi connectivity index (χ2v) is 11.5. The molecule has 0 radical (unpaired) electrons. The third-order valence-electron chi connectivity index (χ3n) is 8.74. The molecule has 4 aliphatic rings. The van der Waals surface area contributed by atoms with E-state index >= 15 is 0 Å². The summed E-state index contributed by atoms with van der Waals surface area (Å²) in [5.41, 5.74) is -0.571. The van der Waals surface area contributed by atoms with Crippen LogP contribution in [0.5, 0.6) is 0 Å². The lowest BCUT2D eigenvalue weighted by Crippen LogP contribution is -2.55. The number of amides is 3. The molecule has 4 heterocycles. The molecule has 2 N–H and O–H groups in total. The standard InChI is InChI=1S/C32H41N3O7/c1-2-3-9-17-34-18-10-16-32-27(30(39)35(19-11-20-36)28(32)31(34)40)26-24(42-32)14-7-8-15-25(37)41-21-23(33-29(26)38)22-12-5-4-6-13-22/h4-7,10,12-14,16,23-24,26-28,36H,2-3,8-9,11,15,17-21H2,1H3,(H,33,38)/b14-7-/t23-,24+,26-,27-,28+,32-/m1/s1. The summed E-state index contributed by atoms with van der Waals surface area (Å²) >= 11 is 0. The number of nitrogens with zero attached hydrogens (tertiary/aromatic N) is 2. The smallest absolute Gasteiger partial charge is 0.306 e. The molecule has 0 aromatic heterocycles. The lowest BCUT2D eigenvalue weighted by atomic mass is 9.77. The lowest BCUT2D eigenvalue weighted by Gasteiger charge is -2.35. The number of fused-ring (bicyclic) bond motifs is 2. The molecule has 1 aromatic rings. The van der Waals surface area contributed by atoms with Crippen LogP contribution in [-0.2, 0) is 28.7 Å². The van der Waals surface area contributed by atoms with Crippen molar-refractivity contribution in [2.75, 3.05) is 32.8 Å². The topological polar surface area (TPSA) is 125 Å². The van der Waals surface area contributed by atoms with Gasteiger partial charge in [-0.2, -0.15) is 0 Å². The second-order valence-electron chi connectivity index (χ2n) is 11.5. The highest BCUT2D eigenvalue weighted by atomic mass is 16.5. The third-order valence-corrected chi connectivity index (χ3v) is 8.74. The van der Waals surface area contributed by atoms with Gasteiger partial charge < -0.3 is 29.7 Å². The Morgan fingerprint density at radius 2 is 1.83 bits per heavy atom. The van der Waals surface area contributed by atoms with Gasteiger partial charge in [-0.05, 0) is 24.8 Å². The van der Waals surface area contributed by atoms with Gasteiger partial charge in [-0.15, -0.1) is 0 Å². The average Bonchev–Trinajstić information content (AvgIpc) is 3.38. The van der Waals surface area contributed by atoms with Crippen LogP contribution in [0.2, 0.25) is 0 Å². The van der Waals surface area contributed by atoms with Gasteiger partial charge in [-0.25, -0.2) is 0 Å². The maximum absolute atomic E-state index is 14.2. The molecular formula is C32H41N3O7. The zero-order valence-electron chi connectivity index (χ0n) is 24.2. The van der Waals surface area contributed by atoms with Crippen molar-refractivity contribution in [3.63, 3.8) is 0 Å². The maximum Gasteiger partial charge on any atom is 0.306 e. The number of carbonyl (C=O) groups excluding carboxylic acids is 4. The second kappa shape index (κ2) is 13.2. The molecule has 1 spiro atoms. The van der Waals surface area contributed by atoms with Gasteiger partial charge in [0.05, 0.1) is 24.0 Å². The van der Waals surface area contributed by atoms with Gasteiger partial charge in [0, 0.05) is 32.7 Å². The van der Waals surface area contributed by atoms with E-state index in [9.17, 15) is 24.3 Å². The van der Waals surface area contributed by atoms with Gasteiger partial charge in [-0.3, -0.25) is 19.2 Å². The molecule has 0 bridgehead atoms. The van der Waals surface area contributed by atoms with Gasteiger partial charge in [0.1, 0.15) is 18.2 Å². The molecule has 10 heteroatoms. The Bertz CT molecular complexity index is 1220. The first-order chi connectivity index (χ1) is 20.4. The summed E-state index contributed by atoms with van der Waals surface area (Å²) in [6.07, 6.45) is 10.2. The summed E-state index contributed by atoms with van der Waals surface area (Å²) in [5.74, 6) is -3.15. The van der Waals surface area contributed by atoms with Crippen LogP contribution in [-0.4, -0.2) is 89.2 Å². The number of aliphatic hydroxyl groups excluding tert-OH is 1. The van der Waals surface area contributed by atoms with Gasteiger partial charge in [0.15, 0.2) is 0 Å². The number of ether oxygens (including phenoxy) is 2. The molecule has 5 rings (SSSR count). The number of nitrogens with one attached hydrogen (secondary N) is 1. The van der Waals surface area contributed by atoms with Crippen LogP contribution in [0.4, 0.5) is 0 Å². The van der Waals surface area contributed by atoms with E-state index in [0.29, 0.717) is 25.9 Å². The third kappa shape index (κ3) is 5.74. The molecule has 226 valence electrons. The van der Waals surface area contributed by atoms with Crippen LogP contribution < -0.4 is 5.32 Å². The maximum atomic E-state index is 14.2. The summed E-state index contributed by atoms with van der Waals surface area (Å²) < 4.78 is 12.2. The number of aliphatic hydroxyl groups is 1. The summed E-state index contributed by atoms with van der Waals surface area (Å²) in [6, 6.07) is 7.68. The van der Waals surface area contributed by atoms with Crippen LogP contribution in [0.25, 0.3) is 0 Å². The average molecular weight is 580 g/mol. The zero-order valence-corrected chi connectivity index (χ0v) is 24.2. The molecule has 42 heavy (non-hydrogen) atoms. The van der Waals surface area contributed by atoms with E-state index in [2.05, 4.69) is 12.2 Å². The van der Waals surface area contributed by atoms with Gasteiger partial charge in [0.2, 0.25) is 17.7 Å². The van der Waals surface area contributed by atoms with E-state index in [4.69, 9.17) is 9.47 Å². The first kappa shape index (κ1) is 30.0. The summed E-state index contributed by atoms with van der Waals surface area (Å²) in [4.78, 5) is 58.2. The van der Waals surface area contributed by atoms with Crippen molar-refractivity contribution in [1.29, 1.82) is 0 Å². The van der Waals surface area contributed by atoms with Crippen molar-refractivity contribution in [3.05, 3.63) is 60.2 Å². The summed E-state index contributed by atoms with van der Waals surface area (Å²) in [5, 5.41) is 12.6. The van der Waals surface area contributed by atoms with E-state index in [-0.39, 0.29) is 44.0 Å². The van der Waals surface area contributed by atoms with Crippen LogP contribution in [0.3, 0.4) is 0 Å². The Labute approximate surface area is 246 Å². The molecule has 1 aromatic carbocycles. The number of benzene rings is 1. The molecule has 6 atom stereocenters. The summed E-state index contributed by atoms with van der Waals surface area (Å²) in [7, 11) is 0. The molecule has 3 amide bonds. The van der Waals surface area contributed by atoms with Crippen LogP contribution in [0, 0.1) is 11.8 Å².